The van der Waals surface area contributed by atoms with E-state index in [4.69, 9.17) is 14.2 Å². The lowest BCUT2D eigenvalue weighted by atomic mass is 10.0. The molecule has 380 valence electrons. The first kappa shape index (κ1) is 62.6. The molecule has 0 saturated heterocycles. The van der Waals surface area contributed by atoms with E-state index in [1.165, 1.54) is 205 Å². The van der Waals surface area contributed by atoms with Gasteiger partial charge in [0.25, 0.3) is 0 Å². The number of unbranched alkanes of at least 4 members (excludes halogenated alkanes) is 35. The molecule has 65 heavy (non-hydrogen) atoms. The van der Waals surface area contributed by atoms with Crippen LogP contribution in [0.5, 0.6) is 0 Å². The molecule has 0 N–H and O–H groups in total. The van der Waals surface area contributed by atoms with E-state index in [0.29, 0.717) is 19.3 Å². The van der Waals surface area contributed by atoms with E-state index in [9.17, 15) is 14.4 Å². The Balaban J connectivity index is 4.38. The van der Waals surface area contributed by atoms with Gasteiger partial charge in [0, 0.05) is 19.3 Å². The first-order valence-corrected chi connectivity index (χ1v) is 28.5. The second-order valence-electron chi connectivity index (χ2n) is 19.2. The maximum Gasteiger partial charge on any atom is 0.306 e. The largest absolute Gasteiger partial charge is 0.462 e. The molecule has 1 atom stereocenters. The van der Waals surface area contributed by atoms with Crippen molar-refractivity contribution < 1.29 is 28.6 Å². The minimum Gasteiger partial charge on any atom is -0.462 e. The standard InChI is InChI=1S/C59H108O6/c1-4-7-10-13-16-19-22-25-27-29-31-34-37-40-43-46-49-52-58(61)64-55-56(54-63-57(60)51-48-45-42-39-36-33-24-21-18-15-12-9-6-3)65-59(62)53-50-47-44-41-38-35-32-30-28-26-23-20-17-14-11-8-5-2/h25,27,33,36,42,45,56H,4-24,26,28-32,34-35,37-41,43-44,46-55H2,1-3H3/b27-25+,36-33+,45-42+. The maximum atomic E-state index is 12.8. The zero-order chi connectivity index (χ0) is 47.2. The average molecular weight is 914 g/mol. The molecule has 0 amide bonds. The second-order valence-corrected chi connectivity index (χ2v) is 19.2. The van der Waals surface area contributed by atoms with Crippen molar-refractivity contribution in [2.75, 3.05) is 13.2 Å². The van der Waals surface area contributed by atoms with Gasteiger partial charge in [-0.25, -0.2) is 0 Å². The van der Waals surface area contributed by atoms with Crippen LogP contribution in [-0.2, 0) is 28.6 Å². The summed E-state index contributed by atoms with van der Waals surface area (Å²) >= 11 is 0. The molecule has 0 saturated carbocycles. The first-order valence-electron chi connectivity index (χ1n) is 28.5. The molecule has 0 aromatic heterocycles. The number of allylic oxidation sites excluding steroid dienone is 6. The van der Waals surface area contributed by atoms with E-state index < -0.39 is 6.10 Å². The Kier molecular flexibility index (Phi) is 52.3. The molecule has 0 radical (unpaired) electrons. The number of hydrogen-bond donors (Lipinski definition) is 0. The summed E-state index contributed by atoms with van der Waals surface area (Å²) in [5, 5.41) is 0. The number of carbonyl (C=O) groups is 3. The van der Waals surface area contributed by atoms with Crippen molar-refractivity contribution in [1.29, 1.82) is 0 Å². The van der Waals surface area contributed by atoms with Crippen molar-refractivity contribution in [3.63, 3.8) is 0 Å². The Labute approximate surface area is 404 Å². The van der Waals surface area contributed by atoms with Gasteiger partial charge in [0.05, 0.1) is 0 Å². The van der Waals surface area contributed by atoms with E-state index in [-0.39, 0.29) is 37.5 Å². The van der Waals surface area contributed by atoms with Crippen molar-refractivity contribution in [1.82, 2.24) is 0 Å². The third-order valence-corrected chi connectivity index (χ3v) is 12.6. The van der Waals surface area contributed by atoms with Gasteiger partial charge in [-0.15, -0.1) is 0 Å². The summed E-state index contributed by atoms with van der Waals surface area (Å²) in [4.78, 5) is 38.1. The minimum atomic E-state index is -0.793. The van der Waals surface area contributed by atoms with Crippen LogP contribution in [0.2, 0.25) is 0 Å². The van der Waals surface area contributed by atoms with Crippen molar-refractivity contribution >= 4 is 17.9 Å². The lowest BCUT2D eigenvalue weighted by molar-refractivity contribution is -0.166. The smallest absolute Gasteiger partial charge is 0.306 e. The van der Waals surface area contributed by atoms with Crippen LogP contribution < -0.4 is 0 Å². The Morgan fingerprint density at radius 1 is 0.308 bits per heavy atom. The number of ether oxygens (including phenoxy) is 3. The highest BCUT2D eigenvalue weighted by Gasteiger charge is 2.19. The van der Waals surface area contributed by atoms with Crippen molar-refractivity contribution in [2.45, 2.75) is 309 Å². The van der Waals surface area contributed by atoms with Crippen LogP contribution in [0, 0.1) is 0 Å². The Morgan fingerprint density at radius 3 is 0.954 bits per heavy atom. The van der Waals surface area contributed by atoms with Crippen LogP contribution in [0.15, 0.2) is 36.5 Å². The van der Waals surface area contributed by atoms with Crippen molar-refractivity contribution in [2.24, 2.45) is 0 Å². The number of carbonyl (C=O) groups excluding carboxylic acids is 3. The quantitative estimate of drug-likeness (QED) is 0.0262. The molecule has 0 fully saturated rings. The van der Waals surface area contributed by atoms with E-state index in [1.54, 1.807) is 0 Å². The van der Waals surface area contributed by atoms with Gasteiger partial charge < -0.3 is 14.2 Å². The summed E-state index contributed by atoms with van der Waals surface area (Å²) in [6.07, 6.45) is 64.3. The Bertz CT molecular complexity index is 1090. The molecule has 0 aliphatic carbocycles. The SMILES string of the molecule is CCCCCCCC/C=C/C/C=C/CCC(=O)OCC(COC(=O)CCCCCCCCC/C=C/CCCCCCCC)OC(=O)CCCCCCCCCCCCCCCCCCC. The second kappa shape index (κ2) is 54.2. The molecule has 0 aromatic rings. The van der Waals surface area contributed by atoms with Crippen molar-refractivity contribution in [3.8, 4) is 0 Å². The molecular formula is C59H108O6. The van der Waals surface area contributed by atoms with Crippen LogP contribution in [0.4, 0.5) is 0 Å². The average Bonchev–Trinajstić information content (AvgIpc) is 3.30. The van der Waals surface area contributed by atoms with Crippen LogP contribution in [0.3, 0.4) is 0 Å². The summed E-state index contributed by atoms with van der Waals surface area (Å²) in [6.45, 7) is 6.61. The van der Waals surface area contributed by atoms with Gasteiger partial charge in [-0.05, 0) is 64.2 Å². The Hall–Kier alpha value is -2.37. The monoisotopic (exact) mass is 913 g/mol. The fourth-order valence-electron chi connectivity index (χ4n) is 8.32. The fraction of sp³-hybridized carbons (Fsp3) is 0.847. The maximum absolute atomic E-state index is 12.8. The van der Waals surface area contributed by atoms with E-state index in [1.807, 2.05) is 6.08 Å². The Morgan fingerprint density at radius 2 is 0.585 bits per heavy atom. The molecule has 6 nitrogen and oxygen atoms in total. The van der Waals surface area contributed by atoms with Gasteiger partial charge in [0.2, 0.25) is 0 Å². The van der Waals surface area contributed by atoms with Gasteiger partial charge in [-0.2, -0.15) is 0 Å². The molecule has 0 spiro atoms. The fourth-order valence-corrected chi connectivity index (χ4v) is 8.32. The number of rotatable bonds is 52. The zero-order valence-corrected chi connectivity index (χ0v) is 43.5. The van der Waals surface area contributed by atoms with Crippen molar-refractivity contribution in [3.05, 3.63) is 36.5 Å². The van der Waals surface area contributed by atoms with E-state index in [0.717, 1.165) is 51.4 Å². The summed E-state index contributed by atoms with van der Waals surface area (Å²) in [5.41, 5.74) is 0. The van der Waals surface area contributed by atoms with Crippen LogP contribution >= 0.6 is 0 Å². The lowest BCUT2D eigenvalue weighted by Crippen LogP contribution is -2.30. The molecule has 0 rings (SSSR count). The third kappa shape index (κ3) is 52.5. The highest BCUT2D eigenvalue weighted by atomic mass is 16.6. The molecule has 1 unspecified atom stereocenters. The van der Waals surface area contributed by atoms with Crippen LogP contribution in [0.25, 0.3) is 0 Å². The highest BCUT2D eigenvalue weighted by Crippen LogP contribution is 2.16. The lowest BCUT2D eigenvalue weighted by Gasteiger charge is -2.18. The van der Waals surface area contributed by atoms with Gasteiger partial charge >= 0.3 is 17.9 Å². The topological polar surface area (TPSA) is 78.9 Å². The number of esters is 3. The molecule has 0 aliphatic heterocycles. The van der Waals surface area contributed by atoms with E-state index >= 15 is 0 Å². The first-order chi connectivity index (χ1) is 32.0. The predicted octanol–water partition coefficient (Wildman–Crippen LogP) is 18.9. The van der Waals surface area contributed by atoms with Gasteiger partial charge in [-0.3, -0.25) is 14.4 Å². The normalized spacial score (nSPS) is 12.2. The summed E-state index contributed by atoms with van der Waals surface area (Å²) in [6, 6.07) is 0. The zero-order valence-electron chi connectivity index (χ0n) is 43.5. The minimum absolute atomic E-state index is 0.0880. The molecular weight excluding hydrogens is 805 g/mol. The molecule has 6 heteroatoms. The summed E-state index contributed by atoms with van der Waals surface area (Å²) in [5.74, 6) is -0.946. The van der Waals surface area contributed by atoms with Gasteiger partial charge in [-0.1, -0.05) is 256 Å². The van der Waals surface area contributed by atoms with E-state index in [2.05, 4.69) is 51.2 Å². The molecule has 0 aromatic carbocycles. The van der Waals surface area contributed by atoms with Gasteiger partial charge in [0.15, 0.2) is 6.10 Å². The van der Waals surface area contributed by atoms with Gasteiger partial charge in [0.1, 0.15) is 13.2 Å². The summed E-state index contributed by atoms with van der Waals surface area (Å²) < 4.78 is 16.8. The highest BCUT2D eigenvalue weighted by molar-refractivity contribution is 5.71. The molecule has 0 bridgehead atoms. The summed E-state index contributed by atoms with van der Waals surface area (Å²) in [7, 11) is 0. The molecule has 0 heterocycles. The predicted molar refractivity (Wildman–Crippen MR) is 279 cm³/mol. The van der Waals surface area contributed by atoms with Crippen LogP contribution in [0.1, 0.15) is 303 Å². The van der Waals surface area contributed by atoms with Crippen LogP contribution in [-0.4, -0.2) is 37.2 Å². The molecule has 0 aliphatic rings. The third-order valence-electron chi connectivity index (χ3n) is 12.6. The number of hydrogen-bond acceptors (Lipinski definition) is 6.